The first-order valence-electron chi connectivity index (χ1n) is 4.84. The van der Waals surface area contributed by atoms with E-state index in [1.54, 1.807) is 7.11 Å². The van der Waals surface area contributed by atoms with Crippen LogP contribution in [0.5, 0.6) is 5.75 Å². The van der Waals surface area contributed by atoms with Gasteiger partial charge in [0.1, 0.15) is 5.75 Å². The van der Waals surface area contributed by atoms with Crippen LogP contribution in [0.4, 0.5) is 5.69 Å². The SMILES string of the molecule is CNc1cc(OC)ccc1-n1cccc1. The van der Waals surface area contributed by atoms with Crippen molar-refractivity contribution >= 4 is 5.69 Å². The summed E-state index contributed by atoms with van der Waals surface area (Å²) in [5.74, 6) is 0.857. The minimum absolute atomic E-state index is 0.857. The molecule has 3 nitrogen and oxygen atoms in total. The largest absolute Gasteiger partial charge is 0.497 e. The third kappa shape index (κ3) is 1.81. The van der Waals surface area contributed by atoms with E-state index >= 15 is 0 Å². The van der Waals surface area contributed by atoms with Crippen LogP contribution in [-0.2, 0) is 0 Å². The van der Waals surface area contributed by atoms with Crippen LogP contribution in [0.2, 0.25) is 0 Å². The standard InChI is InChI=1S/C12H14N2O/c1-13-11-9-10(15-2)5-6-12(11)14-7-3-4-8-14/h3-9,13H,1-2H3. The summed E-state index contributed by atoms with van der Waals surface area (Å²) in [4.78, 5) is 0. The summed E-state index contributed by atoms with van der Waals surface area (Å²) in [5.41, 5.74) is 2.16. The van der Waals surface area contributed by atoms with Crippen LogP contribution < -0.4 is 10.1 Å². The molecule has 0 saturated carbocycles. The Kier molecular flexibility index (Phi) is 2.63. The average Bonchev–Trinajstić information content (AvgIpc) is 2.81. The van der Waals surface area contributed by atoms with Crippen LogP contribution in [0.1, 0.15) is 0 Å². The van der Waals surface area contributed by atoms with Crippen LogP contribution in [0, 0.1) is 0 Å². The molecule has 1 aromatic heterocycles. The van der Waals surface area contributed by atoms with Crippen molar-refractivity contribution in [1.29, 1.82) is 0 Å². The predicted molar refractivity (Wildman–Crippen MR) is 61.9 cm³/mol. The van der Waals surface area contributed by atoms with Gasteiger partial charge in [0.2, 0.25) is 0 Å². The first-order chi connectivity index (χ1) is 7.35. The summed E-state index contributed by atoms with van der Waals surface area (Å²) in [6, 6.07) is 9.98. The van der Waals surface area contributed by atoms with Crippen molar-refractivity contribution in [2.45, 2.75) is 0 Å². The lowest BCUT2D eigenvalue weighted by atomic mass is 10.2. The van der Waals surface area contributed by atoms with Gasteiger partial charge in [0.25, 0.3) is 0 Å². The van der Waals surface area contributed by atoms with E-state index in [1.807, 2.05) is 49.8 Å². The Labute approximate surface area is 89.3 Å². The van der Waals surface area contributed by atoms with Crippen molar-refractivity contribution in [3.05, 3.63) is 42.7 Å². The Bertz CT molecular complexity index is 435. The Morgan fingerprint density at radius 3 is 2.53 bits per heavy atom. The van der Waals surface area contributed by atoms with Gasteiger partial charge in [-0.15, -0.1) is 0 Å². The lowest BCUT2D eigenvalue weighted by Crippen LogP contribution is -1.98. The molecule has 0 saturated heterocycles. The number of nitrogens with one attached hydrogen (secondary N) is 1. The molecule has 0 aliphatic heterocycles. The zero-order chi connectivity index (χ0) is 10.7. The zero-order valence-electron chi connectivity index (χ0n) is 8.90. The summed E-state index contributed by atoms with van der Waals surface area (Å²) in [7, 11) is 3.58. The Morgan fingerprint density at radius 2 is 1.93 bits per heavy atom. The van der Waals surface area contributed by atoms with Gasteiger partial charge in [-0.2, -0.15) is 0 Å². The Hall–Kier alpha value is -1.90. The first-order valence-corrected chi connectivity index (χ1v) is 4.84. The van der Waals surface area contributed by atoms with Crippen molar-refractivity contribution in [2.75, 3.05) is 19.5 Å². The second-order valence-corrected chi connectivity index (χ2v) is 3.22. The fraction of sp³-hybridized carbons (Fsp3) is 0.167. The molecular formula is C12H14N2O. The Balaban J connectivity index is 2.48. The number of anilines is 1. The molecular weight excluding hydrogens is 188 g/mol. The fourth-order valence-corrected chi connectivity index (χ4v) is 1.56. The number of hydrogen-bond donors (Lipinski definition) is 1. The first kappa shape index (κ1) is 9.65. The average molecular weight is 202 g/mol. The van der Waals surface area contributed by atoms with Gasteiger partial charge in [-0.05, 0) is 24.3 Å². The third-order valence-electron chi connectivity index (χ3n) is 2.36. The maximum atomic E-state index is 5.18. The van der Waals surface area contributed by atoms with Gasteiger partial charge in [0, 0.05) is 25.5 Å². The van der Waals surface area contributed by atoms with Crippen LogP contribution in [-0.4, -0.2) is 18.7 Å². The minimum Gasteiger partial charge on any atom is -0.497 e. The molecule has 0 aliphatic rings. The molecule has 0 unspecified atom stereocenters. The molecule has 0 amide bonds. The highest BCUT2D eigenvalue weighted by atomic mass is 16.5. The highest BCUT2D eigenvalue weighted by Crippen LogP contribution is 2.25. The van der Waals surface area contributed by atoms with Crippen LogP contribution >= 0.6 is 0 Å². The second-order valence-electron chi connectivity index (χ2n) is 3.22. The molecule has 78 valence electrons. The van der Waals surface area contributed by atoms with Gasteiger partial charge in [0.05, 0.1) is 18.5 Å². The highest BCUT2D eigenvalue weighted by Gasteiger charge is 2.03. The van der Waals surface area contributed by atoms with Gasteiger partial charge < -0.3 is 14.6 Å². The summed E-state index contributed by atoms with van der Waals surface area (Å²) in [5, 5.41) is 3.16. The summed E-state index contributed by atoms with van der Waals surface area (Å²) in [6.07, 6.45) is 4.03. The number of hydrogen-bond acceptors (Lipinski definition) is 2. The molecule has 1 heterocycles. The lowest BCUT2D eigenvalue weighted by molar-refractivity contribution is 0.415. The molecule has 0 bridgehead atoms. The molecule has 0 fully saturated rings. The van der Waals surface area contributed by atoms with E-state index in [9.17, 15) is 0 Å². The monoisotopic (exact) mass is 202 g/mol. The number of aromatic nitrogens is 1. The van der Waals surface area contributed by atoms with Gasteiger partial charge in [-0.25, -0.2) is 0 Å². The number of rotatable bonds is 3. The van der Waals surface area contributed by atoms with Crippen LogP contribution in [0.15, 0.2) is 42.7 Å². The second kappa shape index (κ2) is 4.09. The molecule has 2 rings (SSSR count). The normalized spacial score (nSPS) is 10.0. The van der Waals surface area contributed by atoms with Crippen molar-refractivity contribution in [3.63, 3.8) is 0 Å². The van der Waals surface area contributed by atoms with E-state index in [2.05, 4.69) is 9.88 Å². The quantitative estimate of drug-likeness (QED) is 0.827. The summed E-state index contributed by atoms with van der Waals surface area (Å²) >= 11 is 0. The summed E-state index contributed by atoms with van der Waals surface area (Å²) in [6.45, 7) is 0. The molecule has 0 spiro atoms. The van der Waals surface area contributed by atoms with Crippen molar-refractivity contribution in [2.24, 2.45) is 0 Å². The molecule has 0 atom stereocenters. The maximum absolute atomic E-state index is 5.18. The number of benzene rings is 1. The van der Waals surface area contributed by atoms with E-state index in [1.165, 1.54) is 0 Å². The van der Waals surface area contributed by atoms with Crippen LogP contribution in [0.3, 0.4) is 0 Å². The van der Waals surface area contributed by atoms with Crippen molar-refractivity contribution < 1.29 is 4.74 Å². The van der Waals surface area contributed by atoms with Gasteiger partial charge in [-0.3, -0.25) is 0 Å². The zero-order valence-corrected chi connectivity index (χ0v) is 8.90. The molecule has 2 aromatic rings. The maximum Gasteiger partial charge on any atom is 0.121 e. The van der Waals surface area contributed by atoms with Gasteiger partial charge >= 0.3 is 0 Å². The minimum atomic E-state index is 0.857. The van der Waals surface area contributed by atoms with E-state index in [-0.39, 0.29) is 0 Å². The molecule has 0 aliphatic carbocycles. The van der Waals surface area contributed by atoms with Gasteiger partial charge in [0.15, 0.2) is 0 Å². The summed E-state index contributed by atoms with van der Waals surface area (Å²) < 4.78 is 7.24. The Morgan fingerprint density at radius 1 is 1.20 bits per heavy atom. The smallest absolute Gasteiger partial charge is 0.121 e. The topological polar surface area (TPSA) is 26.2 Å². The highest BCUT2D eigenvalue weighted by molar-refractivity contribution is 5.63. The molecule has 0 radical (unpaired) electrons. The van der Waals surface area contributed by atoms with Gasteiger partial charge in [-0.1, -0.05) is 0 Å². The lowest BCUT2D eigenvalue weighted by Gasteiger charge is -2.11. The number of methoxy groups -OCH3 is 1. The molecule has 15 heavy (non-hydrogen) atoms. The molecule has 1 aromatic carbocycles. The van der Waals surface area contributed by atoms with Crippen molar-refractivity contribution in [1.82, 2.24) is 4.57 Å². The van der Waals surface area contributed by atoms with E-state index < -0.39 is 0 Å². The van der Waals surface area contributed by atoms with Crippen LogP contribution in [0.25, 0.3) is 5.69 Å². The molecule has 1 N–H and O–H groups in total. The number of ether oxygens (including phenoxy) is 1. The third-order valence-corrected chi connectivity index (χ3v) is 2.36. The predicted octanol–water partition coefficient (Wildman–Crippen LogP) is 2.53. The fourth-order valence-electron chi connectivity index (χ4n) is 1.56. The van der Waals surface area contributed by atoms with Crippen molar-refractivity contribution in [3.8, 4) is 11.4 Å². The van der Waals surface area contributed by atoms with E-state index in [0.717, 1.165) is 17.1 Å². The van der Waals surface area contributed by atoms with E-state index in [4.69, 9.17) is 4.74 Å². The van der Waals surface area contributed by atoms with E-state index in [0.29, 0.717) is 0 Å². The number of nitrogens with zero attached hydrogens (tertiary/aromatic N) is 1. The molecule has 3 heteroatoms.